The average Bonchev–Trinajstić information content (AvgIpc) is 3.08. The highest BCUT2D eigenvalue weighted by atomic mass is 32.2. The smallest absolute Gasteiger partial charge is 0.229 e. The lowest BCUT2D eigenvalue weighted by Crippen LogP contribution is -2.42. The highest BCUT2D eigenvalue weighted by Crippen LogP contribution is 2.24. The van der Waals surface area contributed by atoms with Crippen molar-refractivity contribution in [2.45, 2.75) is 33.1 Å². The molecular formula is C18H24N4O3S2. The molecule has 0 atom stereocenters. The zero-order chi connectivity index (χ0) is 19.4. The predicted molar refractivity (Wildman–Crippen MR) is 106 cm³/mol. The predicted octanol–water partition coefficient (Wildman–Crippen LogP) is 2.44. The van der Waals surface area contributed by atoms with Crippen LogP contribution in [0.2, 0.25) is 0 Å². The molecule has 1 amide bonds. The van der Waals surface area contributed by atoms with E-state index in [1.807, 2.05) is 25.1 Å². The van der Waals surface area contributed by atoms with Gasteiger partial charge < -0.3 is 5.32 Å². The number of hydrogen-bond donors (Lipinski definition) is 1. The Morgan fingerprint density at radius 1 is 1.30 bits per heavy atom. The van der Waals surface area contributed by atoms with Gasteiger partial charge in [0.25, 0.3) is 0 Å². The number of benzene rings is 1. The van der Waals surface area contributed by atoms with E-state index in [1.54, 1.807) is 6.92 Å². The van der Waals surface area contributed by atoms with E-state index in [-0.39, 0.29) is 17.6 Å². The first-order valence-electron chi connectivity index (χ1n) is 9.04. The van der Waals surface area contributed by atoms with E-state index < -0.39 is 10.0 Å². The number of piperidine rings is 1. The van der Waals surface area contributed by atoms with Crippen molar-refractivity contribution in [2.24, 2.45) is 5.92 Å². The molecule has 1 N–H and O–H groups in total. The van der Waals surface area contributed by atoms with Crippen LogP contribution in [0.4, 0.5) is 5.13 Å². The summed E-state index contributed by atoms with van der Waals surface area (Å²) in [5, 5.41) is 12.4. The quantitative estimate of drug-likeness (QED) is 0.793. The van der Waals surface area contributed by atoms with Gasteiger partial charge in [0.15, 0.2) is 0 Å². The van der Waals surface area contributed by atoms with Crippen molar-refractivity contribution in [1.29, 1.82) is 0 Å². The van der Waals surface area contributed by atoms with Gasteiger partial charge in [0.2, 0.25) is 21.1 Å². The molecule has 0 saturated carbocycles. The monoisotopic (exact) mass is 408 g/mol. The molecule has 9 heteroatoms. The largest absolute Gasteiger partial charge is 0.300 e. The molecule has 3 rings (SSSR count). The minimum atomic E-state index is -3.18. The van der Waals surface area contributed by atoms with Gasteiger partial charge >= 0.3 is 0 Å². The molecule has 7 nitrogen and oxygen atoms in total. The molecule has 1 fully saturated rings. The first-order chi connectivity index (χ1) is 12.9. The molecule has 0 spiro atoms. The Balaban J connectivity index is 1.54. The number of carbonyl (C=O) groups is 1. The minimum Gasteiger partial charge on any atom is -0.300 e. The summed E-state index contributed by atoms with van der Waals surface area (Å²) in [4.78, 5) is 12.5. The number of aromatic nitrogens is 2. The fourth-order valence-corrected chi connectivity index (χ4v) is 5.07. The van der Waals surface area contributed by atoms with Gasteiger partial charge in [0.05, 0.1) is 5.75 Å². The molecule has 0 bridgehead atoms. The Bertz CT molecular complexity index is 903. The zero-order valence-electron chi connectivity index (χ0n) is 15.5. The molecule has 0 aliphatic carbocycles. The second-order valence-electron chi connectivity index (χ2n) is 6.73. The first-order valence-corrected chi connectivity index (χ1v) is 11.5. The van der Waals surface area contributed by atoms with E-state index in [4.69, 9.17) is 0 Å². The summed E-state index contributed by atoms with van der Waals surface area (Å²) >= 11 is 1.37. The van der Waals surface area contributed by atoms with Crippen LogP contribution in [0.3, 0.4) is 0 Å². The van der Waals surface area contributed by atoms with Gasteiger partial charge in [-0.15, -0.1) is 10.2 Å². The van der Waals surface area contributed by atoms with Crippen LogP contribution in [0.25, 0.3) is 0 Å². The maximum atomic E-state index is 12.5. The van der Waals surface area contributed by atoms with Crippen LogP contribution in [0.1, 0.15) is 35.9 Å². The third-order valence-corrected chi connectivity index (χ3v) is 7.44. The van der Waals surface area contributed by atoms with E-state index in [2.05, 4.69) is 21.6 Å². The first kappa shape index (κ1) is 19.9. The van der Waals surface area contributed by atoms with Crippen molar-refractivity contribution >= 4 is 32.4 Å². The Kier molecular flexibility index (Phi) is 6.23. The van der Waals surface area contributed by atoms with Crippen LogP contribution in [0, 0.1) is 12.8 Å². The summed E-state index contributed by atoms with van der Waals surface area (Å²) in [6.45, 7) is 4.47. The van der Waals surface area contributed by atoms with Gasteiger partial charge in [-0.25, -0.2) is 12.7 Å². The van der Waals surface area contributed by atoms with Crippen molar-refractivity contribution in [1.82, 2.24) is 14.5 Å². The third kappa shape index (κ3) is 5.12. The van der Waals surface area contributed by atoms with Crippen LogP contribution < -0.4 is 5.32 Å². The summed E-state index contributed by atoms with van der Waals surface area (Å²) in [7, 11) is -3.18. The average molecular weight is 409 g/mol. The van der Waals surface area contributed by atoms with Crippen LogP contribution >= 0.6 is 11.3 Å². The standard InChI is InChI=1S/C18H24N4O3S2/c1-3-27(24,25)22-9-7-15(8-10-22)17(23)19-18-21-20-16(26-18)12-14-6-4-5-13(2)11-14/h4-6,11,15H,3,7-10,12H2,1-2H3,(H,19,21,23). The van der Waals surface area contributed by atoms with Crippen LogP contribution in [0.5, 0.6) is 0 Å². The number of nitrogens with one attached hydrogen (secondary N) is 1. The molecule has 27 heavy (non-hydrogen) atoms. The lowest BCUT2D eigenvalue weighted by Gasteiger charge is -2.29. The van der Waals surface area contributed by atoms with Crippen LogP contribution in [-0.4, -0.2) is 47.7 Å². The maximum absolute atomic E-state index is 12.5. The highest BCUT2D eigenvalue weighted by molar-refractivity contribution is 7.89. The molecule has 1 aromatic carbocycles. The maximum Gasteiger partial charge on any atom is 0.229 e. The number of sulfonamides is 1. The number of aryl methyl sites for hydroxylation is 1. The molecule has 0 unspecified atom stereocenters. The van der Waals surface area contributed by atoms with E-state index in [0.29, 0.717) is 37.5 Å². The van der Waals surface area contributed by atoms with E-state index in [9.17, 15) is 13.2 Å². The van der Waals surface area contributed by atoms with Gasteiger partial charge in [-0.3, -0.25) is 4.79 Å². The van der Waals surface area contributed by atoms with Gasteiger partial charge in [-0.05, 0) is 32.3 Å². The summed E-state index contributed by atoms with van der Waals surface area (Å²) in [5.41, 5.74) is 2.36. The molecular weight excluding hydrogens is 384 g/mol. The van der Waals surface area contributed by atoms with Gasteiger partial charge in [0, 0.05) is 25.4 Å². The van der Waals surface area contributed by atoms with E-state index in [0.717, 1.165) is 10.6 Å². The fourth-order valence-electron chi connectivity index (χ4n) is 3.16. The van der Waals surface area contributed by atoms with Crippen molar-refractivity contribution in [3.8, 4) is 0 Å². The molecule has 2 heterocycles. The Hall–Kier alpha value is -1.84. The highest BCUT2D eigenvalue weighted by Gasteiger charge is 2.30. The lowest BCUT2D eigenvalue weighted by molar-refractivity contribution is -0.120. The molecule has 0 radical (unpaired) electrons. The van der Waals surface area contributed by atoms with Gasteiger partial charge in [0.1, 0.15) is 5.01 Å². The van der Waals surface area contributed by atoms with Crippen molar-refractivity contribution in [2.75, 3.05) is 24.2 Å². The summed E-state index contributed by atoms with van der Waals surface area (Å²) in [6.07, 6.45) is 1.74. The van der Waals surface area contributed by atoms with Gasteiger partial charge in [-0.1, -0.05) is 41.2 Å². The topological polar surface area (TPSA) is 92.3 Å². The minimum absolute atomic E-state index is 0.0956. The number of anilines is 1. The number of nitrogens with zero attached hydrogens (tertiary/aromatic N) is 3. The van der Waals surface area contributed by atoms with Crippen LogP contribution in [-0.2, 0) is 21.2 Å². The number of amides is 1. The zero-order valence-corrected chi connectivity index (χ0v) is 17.1. The van der Waals surface area contributed by atoms with E-state index >= 15 is 0 Å². The number of rotatable bonds is 6. The van der Waals surface area contributed by atoms with E-state index in [1.165, 1.54) is 21.2 Å². The molecule has 1 aromatic heterocycles. The van der Waals surface area contributed by atoms with Gasteiger partial charge in [-0.2, -0.15) is 0 Å². The molecule has 1 aliphatic heterocycles. The third-order valence-electron chi connectivity index (χ3n) is 4.72. The normalized spacial score (nSPS) is 16.4. The number of hydrogen-bond acceptors (Lipinski definition) is 6. The molecule has 146 valence electrons. The Morgan fingerprint density at radius 3 is 2.70 bits per heavy atom. The summed E-state index contributed by atoms with van der Waals surface area (Å²) in [6, 6.07) is 8.22. The Labute approximate surface area is 163 Å². The molecule has 1 aliphatic rings. The number of carbonyl (C=O) groups excluding carboxylic acids is 1. The fraction of sp³-hybridized carbons (Fsp3) is 0.500. The lowest BCUT2D eigenvalue weighted by atomic mass is 9.97. The molecule has 2 aromatic rings. The van der Waals surface area contributed by atoms with Crippen molar-refractivity contribution in [3.63, 3.8) is 0 Å². The summed E-state index contributed by atoms with van der Waals surface area (Å²) < 4.78 is 25.3. The second kappa shape index (κ2) is 8.45. The Morgan fingerprint density at radius 2 is 2.04 bits per heavy atom. The SMILES string of the molecule is CCS(=O)(=O)N1CCC(C(=O)Nc2nnc(Cc3cccc(C)c3)s2)CC1. The van der Waals surface area contributed by atoms with Crippen molar-refractivity contribution in [3.05, 3.63) is 40.4 Å². The van der Waals surface area contributed by atoms with Crippen LogP contribution in [0.15, 0.2) is 24.3 Å². The second-order valence-corrected chi connectivity index (χ2v) is 10.0. The molecule has 1 saturated heterocycles. The summed E-state index contributed by atoms with van der Waals surface area (Å²) in [5.74, 6) is -0.211. The van der Waals surface area contributed by atoms with Crippen molar-refractivity contribution < 1.29 is 13.2 Å².